The summed E-state index contributed by atoms with van der Waals surface area (Å²) in [6.07, 6.45) is -2.03. The summed E-state index contributed by atoms with van der Waals surface area (Å²) < 4.78 is 41.9. The molecule has 1 N–H and O–H groups in total. The number of nitrogens with one attached hydrogen (secondary N) is 1. The minimum Gasteiger partial charge on any atom is -0.375 e. The number of halogens is 4. The van der Waals surface area contributed by atoms with Gasteiger partial charge >= 0.3 is 0 Å². The van der Waals surface area contributed by atoms with Crippen molar-refractivity contribution in [3.05, 3.63) is 34.6 Å². The monoisotopic (exact) mass is 295 g/mol. The highest BCUT2D eigenvalue weighted by Gasteiger charge is 2.15. The molecule has 0 spiro atoms. The highest BCUT2D eigenvalue weighted by Crippen LogP contribution is 2.26. The zero-order chi connectivity index (χ0) is 14.3. The lowest BCUT2D eigenvalue weighted by atomic mass is 10.0. The molecular weight excluding hydrogens is 279 g/mol. The SMILES string of the molecule is CCNC(CCOCC(F)F)c1cc(F)ccc1Cl. The molecule has 0 aromatic heterocycles. The second kappa shape index (κ2) is 8.40. The van der Waals surface area contributed by atoms with Crippen molar-refractivity contribution in [3.63, 3.8) is 0 Å². The van der Waals surface area contributed by atoms with Crippen LogP contribution in [0, 0.1) is 5.82 Å². The molecule has 0 radical (unpaired) electrons. The number of hydrogen-bond acceptors (Lipinski definition) is 2. The highest BCUT2D eigenvalue weighted by atomic mass is 35.5. The van der Waals surface area contributed by atoms with Gasteiger partial charge < -0.3 is 10.1 Å². The lowest BCUT2D eigenvalue weighted by molar-refractivity contribution is 0.0144. The second-order valence-corrected chi connectivity index (χ2v) is 4.44. The first-order chi connectivity index (χ1) is 9.04. The molecular formula is C13H17ClF3NO. The molecule has 108 valence electrons. The van der Waals surface area contributed by atoms with Crippen LogP contribution in [-0.2, 0) is 4.74 Å². The van der Waals surface area contributed by atoms with Crippen molar-refractivity contribution in [1.82, 2.24) is 5.32 Å². The molecule has 0 amide bonds. The maximum absolute atomic E-state index is 13.2. The highest BCUT2D eigenvalue weighted by molar-refractivity contribution is 6.31. The molecule has 0 heterocycles. The van der Waals surface area contributed by atoms with Gasteiger partial charge in [0.15, 0.2) is 0 Å². The fraction of sp³-hybridized carbons (Fsp3) is 0.538. The quantitative estimate of drug-likeness (QED) is 0.737. The van der Waals surface area contributed by atoms with E-state index in [1.807, 2.05) is 6.92 Å². The average Bonchev–Trinajstić information content (AvgIpc) is 2.36. The number of alkyl halides is 2. The molecule has 0 aliphatic rings. The zero-order valence-corrected chi connectivity index (χ0v) is 11.4. The van der Waals surface area contributed by atoms with E-state index in [4.69, 9.17) is 16.3 Å². The third-order valence-electron chi connectivity index (χ3n) is 2.58. The van der Waals surface area contributed by atoms with Crippen molar-refractivity contribution < 1.29 is 17.9 Å². The Labute approximate surface area is 115 Å². The summed E-state index contributed by atoms with van der Waals surface area (Å²) in [5.74, 6) is -0.379. The van der Waals surface area contributed by atoms with Gasteiger partial charge in [-0.2, -0.15) is 0 Å². The number of hydrogen-bond donors (Lipinski definition) is 1. The van der Waals surface area contributed by atoms with Gasteiger partial charge in [0.05, 0.1) is 0 Å². The third kappa shape index (κ3) is 5.80. The van der Waals surface area contributed by atoms with Crippen LogP contribution < -0.4 is 5.32 Å². The molecule has 0 bridgehead atoms. The van der Waals surface area contributed by atoms with E-state index in [-0.39, 0.29) is 18.5 Å². The van der Waals surface area contributed by atoms with Gasteiger partial charge in [-0.15, -0.1) is 0 Å². The number of ether oxygens (including phenoxy) is 1. The summed E-state index contributed by atoms with van der Waals surface area (Å²) in [6.45, 7) is 2.14. The van der Waals surface area contributed by atoms with E-state index in [0.29, 0.717) is 23.6 Å². The molecule has 1 unspecified atom stereocenters. The first-order valence-electron chi connectivity index (χ1n) is 6.08. The summed E-state index contributed by atoms with van der Waals surface area (Å²) in [5, 5.41) is 3.58. The van der Waals surface area contributed by atoms with Crippen LogP contribution >= 0.6 is 11.6 Å². The van der Waals surface area contributed by atoms with E-state index >= 15 is 0 Å². The maximum Gasteiger partial charge on any atom is 0.261 e. The van der Waals surface area contributed by atoms with Gasteiger partial charge in [0.25, 0.3) is 6.43 Å². The molecule has 0 aliphatic heterocycles. The molecule has 0 fully saturated rings. The topological polar surface area (TPSA) is 21.3 Å². The smallest absolute Gasteiger partial charge is 0.261 e. The normalized spacial score (nSPS) is 12.9. The fourth-order valence-corrected chi connectivity index (χ4v) is 2.02. The van der Waals surface area contributed by atoms with Gasteiger partial charge in [-0.05, 0) is 36.7 Å². The Morgan fingerprint density at radius 3 is 2.74 bits per heavy atom. The Balaban J connectivity index is 2.63. The molecule has 1 atom stereocenters. The van der Waals surface area contributed by atoms with E-state index in [0.717, 1.165) is 0 Å². The van der Waals surface area contributed by atoms with Gasteiger partial charge in [0.2, 0.25) is 0 Å². The van der Waals surface area contributed by atoms with Crippen molar-refractivity contribution in [1.29, 1.82) is 0 Å². The molecule has 0 saturated carbocycles. The lowest BCUT2D eigenvalue weighted by Crippen LogP contribution is -2.23. The Kier molecular flexibility index (Phi) is 7.20. The van der Waals surface area contributed by atoms with Crippen LogP contribution in [0.4, 0.5) is 13.2 Å². The Morgan fingerprint density at radius 1 is 1.37 bits per heavy atom. The average molecular weight is 296 g/mol. The largest absolute Gasteiger partial charge is 0.375 e. The summed E-state index contributed by atoms with van der Waals surface area (Å²) >= 11 is 6.02. The maximum atomic E-state index is 13.2. The van der Waals surface area contributed by atoms with Crippen molar-refractivity contribution in [2.45, 2.75) is 25.8 Å². The summed E-state index contributed by atoms with van der Waals surface area (Å²) in [5.41, 5.74) is 0.615. The van der Waals surface area contributed by atoms with Crippen LogP contribution in [0.2, 0.25) is 5.02 Å². The molecule has 0 saturated heterocycles. The first kappa shape index (κ1) is 16.3. The van der Waals surface area contributed by atoms with Gasteiger partial charge in [-0.3, -0.25) is 0 Å². The van der Waals surface area contributed by atoms with E-state index in [1.54, 1.807) is 0 Å². The summed E-state index contributed by atoms with van der Waals surface area (Å²) in [6, 6.07) is 3.90. The van der Waals surface area contributed by atoms with E-state index in [2.05, 4.69) is 5.32 Å². The standard InChI is InChI=1S/C13H17ClF3NO/c1-2-18-12(5-6-19-8-13(16)17)10-7-9(15)3-4-11(10)14/h3-4,7,12-13,18H,2,5-6,8H2,1H3. The molecule has 19 heavy (non-hydrogen) atoms. The van der Waals surface area contributed by atoms with Crippen LogP contribution in [0.15, 0.2) is 18.2 Å². The first-order valence-corrected chi connectivity index (χ1v) is 6.46. The molecule has 1 aromatic carbocycles. The van der Waals surface area contributed by atoms with E-state index < -0.39 is 13.0 Å². The van der Waals surface area contributed by atoms with Crippen LogP contribution in [0.1, 0.15) is 24.9 Å². The van der Waals surface area contributed by atoms with Crippen molar-refractivity contribution in [2.24, 2.45) is 0 Å². The predicted octanol–water partition coefficient (Wildman–Crippen LogP) is 3.80. The van der Waals surface area contributed by atoms with Crippen molar-refractivity contribution in [2.75, 3.05) is 19.8 Å². The van der Waals surface area contributed by atoms with Crippen LogP contribution in [-0.4, -0.2) is 26.2 Å². The molecule has 0 aliphatic carbocycles. The Bertz CT molecular complexity index is 390. The number of rotatable bonds is 8. The van der Waals surface area contributed by atoms with E-state index in [9.17, 15) is 13.2 Å². The molecule has 1 aromatic rings. The third-order valence-corrected chi connectivity index (χ3v) is 2.92. The molecule has 1 rings (SSSR count). The molecule has 2 nitrogen and oxygen atoms in total. The second-order valence-electron chi connectivity index (χ2n) is 4.03. The van der Waals surface area contributed by atoms with Crippen molar-refractivity contribution in [3.8, 4) is 0 Å². The lowest BCUT2D eigenvalue weighted by Gasteiger charge is -2.19. The Morgan fingerprint density at radius 2 is 2.11 bits per heavy atom. The van der Waals surface area contributed by atoms with Gasteiger partial charge in [-0.25, -0.2) is 13.2 Å². The minimum absolute atomic E-state index is 0.162. The van der Waals surface area contributed by atoms with Crippen LogP contribution in [0.25, 0.3) is 0 Å². The summed E-state index contributed by atoms with van der Waals surface area (Å²) in [7, 11) is 0. The fourth-order valence-electron chi connectivity index (χ4n) is 1.77. The zero-order valence-electron chi connectivity index (χ0n) is 10.6. The number of benzene rings is 1. The van der Waals surface area contributed by atoms with Crippen LogP contribution in [0.3, 0.4) is 0 Å². The Hall–Kier alpha value is -0.780. The van der Waals surface area contributed by atoms with Gasteiger partial charge in [0, 0.05) is 17.7 Å². The molecule has 6 heteroatoms. The van der Waals surface area contributed by atoms with E-state index in [1.165, 1.54) is 18.2 Å². The minimum atomic E-state index is -2.48. The van der Waals surface area contributed by atoms with Crippen molar-refractivity contribution >= 4 is 11.6 Å². The predicted molar refractivity (Wildman–Crippen MR) is 69.3 cm³/mol. The van der Waals surface area contributed by atoms with Crippen LogP contribution in [0.5, 0.6) is 0 Å². The summed E-state index contributed by atoms with van der Waals surface area (Å²) in [4.78, 5) is 0. The van der Waals surface area contributed by atoms with Gasteiger partial charge in [-0.1, -0.05) is 18.5 Å². The van der Waals surface area contributed by atoms with Gasteiger partial charge in [0.1, 0.15) is 12.4 Å².